The van der Waals surface area contributed by atoms with Crippen molar-refractivity contribution in [3.63, 3.8) is 0 Å². The van der Waals surface area contributed by atoms with Crippen LogP contribution in [0.3, 0.4) is 0 Å². The van der Waals surface area contributed by atoms with E-state index < -0.39 is 11.5 Å². The zero-order valence-electron chi connectivity index (χ0n) is 11.9. The number of nitrogens with one attached hydrogen (secondary N) is 1. The Morgan fingerprint density at radius 2 is 2.05 bits per heavy atom. The van der Waals surface area contributed by atoms with E-state index in [0.717, 1.165) is 25.0 Å². The summed E-state index contributed by atoms with van der Waals surface area (Å²) < 4.78 is 0. The van der Waals surface area contributed by atoms with E-state index in [1.807, 2.05) is 6.92 Å². The molecule has 1 heterocycles. The standard InChI is InChI=1S/C15H19N3O2/c1-10-8-13(12(9-16)11(2)17-10)18-15(14(19)20)6-4-3-5-7-15/h8H,3-7H2,1-2H3,(H,17,18)(H,19,20). The number of carboxylic acids is 1. The Labute approximate surface area is 118 Å². The maximum atomic E-state index is 11.7. The minimum atomic E-state index is -0.954. The van der Waals surface area contributed by atoms with Crippen molar-refractivity contribution in [1.82, 2.24) is 4.98 Å². The second-order valence-electron chi connectivity index (χ2n) is 5.46. The van der Waals surface area contributed by atoms with Crippen LogP contribution in [0.5, 0.6) is 0 Å². The van der Waals surface area contributed by atoms with Crippen LogP contribution < -0.4 is 5.32 Å². The molecule has 20 heavy (non-hydrogen) atoms. The van der Waals surface area contributed by atoms with Crippen molar-refractivity contribution >= 4 is 11.7 Å². The lowest BCUT2D eigenvalue weighted by molar-refractivity contribution is -0.143. The Kier molecular flexibility index (Phi) is 3.93. The zero-order valence-corrected chi connectivity index (χ0v) is 11.9. The summed E-state index contributed by atoms with van der Waals surface area (Å²) in [7, 11) is 0. The number of aryl methyl sites for hydroxylation is 2. The molecule has 1 saturated carbocycles. The Bertz CT molecular complexity index is 569. The van der Waals surface area contributed by atoms with Crippen molar-refractivity contribution < 1.29 is 9.90 Å². The Balaban J connectivity index is 2.41. The fourth-order valence-electron chi connectivity index (χ4n) is 2.87. The predicted octanol–water partition coefficient (Wildman–Crippen LogP) is 2.77. The average Bonchev–Trinajstić information content (AvgIpc) is 2.39. The summed E-state index contributed by atoms with van der Waals surface area (Å²) in [5.41, 5.74) is 1.47. The topological polar surface area (TPSA) is 86.0 Å². The van der Waals surface area contributed by atoms with Gasteiger partial charge < -0.3 is 10.4 Å². The Morgan fingerprint density at radius 1 is 1.40 bits per heavy atom. The van der Waals surface area contributed by atoms with E-state index in [9.17, 15) is 15.2 Å². The van der Waals surface area contributed by atoms with Crippen molar-refractivity contribution in [3.8, 4) is 6.07 Å². The number of hydrogen-bond acceptors (Lipinski definition) is 4. The molecule has 0 atom stereocenters. The smallest absolute Gasteiger partial charge is 0.329 e. The number of anilines is 1. The fraction of sp³-hybridized carbons (Fsp3) is 0.533. The summed E-state index contributed by atoms with van der Waals surface area (Å²) in [6.45, 7) is 3.61. The third-order valence-electron chi connectivity index (χ3n) is 3.93. The van der Waals surface area contributed by atoms with Crippen LogP contribution in [-0.4, -0.2) is 21.6 Å². The number of nitrogens with zero attached hydrogens (tertiary/aromatic N) is 2. The van der Waals surface area contributed by atoms with Crippen LogP contribution in [0.25, 0.3) is 0 Å². The van der Waals surface area contributed by atoms with Crippen LogP contribution in [0, 0.1) is 25.2 Å². The van der Waals surface area contributed by atoms with Gasteiger partial charge in [0.15, 0.2) is 0 Å². The maximum Gasteiger partial charge on any atom is 0.329 e. The average molecular weight is 273 g/mol. The van der Waals surface area contributed by atoms with Gasteiger partial charge in [0, 0.05) is 5.69 Å². The molecule has 2 rings (SSSR count). The number of carbonyl (C=O) groups is 1. The molecule has 1 aliphatic rings. The molecule has 0 aromatic carbocycles. The van der Waals surface area contributed by atoms with E-state index >= 15 is 0 Å². The zero-order chi connectivity index (χ0) is 14.8. The van der Waals surface area contributed by atoms with Gasteiger partial charge in [0.05, 0.1) is 16.9 Å². The largest absolute Gasteiger partial charge is 0.480 e. The Hall–Kier alpha value is -2.09. The van der Waals surface area contributed by atoms with Gasteiger partial charge in [-0.2, -0.15) is 5.26 Å². The Morgan fingerprint density at radius 3 is 2.60 bits per heavy atom. The normalized spacial score (nSPS) is 17.2. The van der Waals surface area contributed by atoms with Gasteiger partial charge in [0.25, 0.3) is 0 Å². The summed E-state index contributed by atoms with van der Waals surface area (Å²) in [6.07, 6.45) is 4.03. The molecule has 0 bridgehead atoms. The van der Waals surface area contributed by atoms with Crippen molar-refractivity contribution in [1.29, 1.82) is 5.26 Å². The van der Waals surface area contributed by atoms with Crippen molar-refractivity contribution in [3.05, 3.63) is 23.0 Å². The highest BCUT2D eigenvalue weighted by Gasteiger charge is 2.40. The number of carboxylic acid groups (broad SMARTS) is 1. The number of pyridine rings is 1. The number of aromatic nitrogens is 1. The summed E-state index contributed by atoms with van der Waals surface area (Å²) in [5.74, 6) is -0.840. The molecule has 5 heteroatoms. The maximum absolute atomic E-state index is 11.7. The quantitative estimate of drug-likeness (QED) is 0.884. The molecule has 0 amide bonds. The molecule has 0 saturated heterocycles. The third-order valence-corrected chi connectivity index (χ3v) is 3.93. The molecule has 0 aliphatic heterocycles. The van der Waals surface area contributed by atoms with Crippen molar-refractivity contribution in [2.24, 2.45) is 0 Å². The summed E-state index contributed by atoms with van der Waals surface area (Å²) >= 11 is 0. The highest BCUT2D eigenvalue weighted by molar-refractivity contribution is 5.83. The predicted molar refractivity (Wildman–Crippen MR) is 75.5 cm³/mol. The van der Waals surface area contributed by atoms with E-state index in [0.29, 0.717) is 29.8 Å². The highest BCUT2D eigenvalue weighted by atomic mass is 16.4. The number of nitriles is 1. The number of aliphatic carboxylic acids is 1. The first-order valence-electron chi connectivity index (χ1n) is 6.88. The molecule has 2 N–H and O–H groups in total. The van der Waals surface area contributed by atoms with E-state index in [2.05, 4.69) is 16.4 Å². The van der Waals surface area contributed by atoms with E-state index in [1.54, 1.807) is 13.0 Å². The lowest BCUT2D eigenvalue weighted by Crippen LogP contribution is -2.48. The molecule has 106 valence electrons. The van der Waals surface area contributed by atoms with E-state index in [1.165, 1.54) is 0 Å². The third kappa shape index (κ3) is 2.60. The van der Waals surface area contributed by atoms with Gasteiger partial charge in [0.2, 0.25) is 0 Å². The van der Waals surface area contributed by atoms with Gasteiger partial charge in [0.1, 0.15) is 11.6 Å². The fourth-order valence-corrected chi connectivity index (χ4v) is 2.87. The van der Waals surface area contributed by atoms with Gasteiger partial charge in [-0.3, -0.25) is 4.98 Å². The summed E-state index contributed by atoms with van der Waals surface area (Å²) in [5, 5.41) is 22.0. The molecular weight excluding hydrogens is 254 g/mol. The van der Waals surface area contributed by atoms with Crippen LogP contribution >= 0.6 is 0 Å². The van der Waals surface area contributed by atoms with Gasteiger partial charge >= 0.3 is 5.97 Å². The summed E-state index contributed by atoms with van der Waals surface area (Å²) in [4.78, 5) is 15.9. The first-order valence-corrected chi connectivity index (χ1v) is 6.88. The van der Waals surface area contributed by atoms with Crippen LogP contribution in [-0.2, 0) is 4.79 Å². The lowest BCUT2D eigenvalue weighted by Gasteiger charge is -2.35. The van der Waals surface area contributed by atoms with Crippen molar-refractivity contribution in [2.45, 2.75) is 51.5 Å². The molecule has 0 spiro atoms. The number of hydrogen-bond donors (Lipinski definition) is 2. The molecule has 1 aromatic heterocycles. The van der Waals surface area contributed by atoms with E-state index in [4.69, 9.17) is 0 Å². The minimum absolute atomic E-state index is 0.432. The van der Waals surface area contributed by atoms with Crippen LogP contribution in [0.4, 0.5) is 5.69 Å². The van der Waals surface area contributed by atoms with Crippen molar-refractivity contribution in [2.75, 3.05) is 5.32 Å². The second-order valence-corrected chi connectivity index (χ2v) is 5.46. The van der Waals surface area contributed by atoms with Crippen LogP contribution in [0.15, 0.2) is 6.07 Å². The molecule has 1 aliphatic carbocycles. The van der Waals surface area contributed by atoms with Crippen LogP contribution in [0.1, 0.15) is 49.1 Å². The van der Waals surface area contributed by atoms with Gasteiger partial charge in [-0.25, -0.2) is 4.79 Å². The SMILES string of the molecule is Cc1cc(NC2(C(=O)O)CCCCC2)c(C#N)c(C)n1. The molecule has 1 aromatic rings. The first kappa shape index (κ1) is 14.3. The minimum Gasteiger partial charge on any atom is -0.480 e. The molecule has 0 radical (unpaired) electrons. The second kappa shape index (κ2) is 5.49. The van der Waals surface area contributed by atoms with Gasteiger partial charge in [-0.15, -0.1) is 0 Å². The van der Waals surface area contributed by atoms with Crippen LogP contribution in [0.2, 0.25) is 0 Å². The molecule has 0 unspecified atom stereocenters. The van der Waals surface area contributed by atoms with Gasteiger partial charge in [-0.1, -0.05) is 19.3 Å². The summed E-state index contributed by atoms with van der Waals surface area (Å²) in [6, 6.07) is 3.87. The first-order chi connectivity index (χ1) is 9.48. The molecule has 1 fully saturated rings. The highest BCUT2D eigenvalue weighted by Crippen LogP contribution is 2.33. The van der Waals surface area contributed by atoms with Gasteiger partial charge in [-0.05, 0) is 32.8 Å². The lowest BCUT2D eigenvalue weighted by atomic mass is 9.81. The molecule has 5 nitrogen and oxygen atoms in total. The van der Waals surface area contributed by atoms with E-state index in [-0.39, 0.29) is 0 Å². The molecular formula is C15H19N3O2. The monoisotopic (exact) mass is 273 g/mol. The number of rotatable bonds is 3.